The first-order valence-corrected chi connectivity index (χ1v) is 8.77. The van der Waals surface area contributed by atoms with Crippen LogP contribution in [0.5, 0.6) is 0 Å². The van der Waals surface area contributed by atoms with Crippen molar-refractivity contribution in [2.24, 2.45) is 0 Å². The van der Waals surface area contributed by atoms with Crippen molar-refractivity contribution >= 4 is 21.4 Å². The Morgan fingerprint density at radius 2 is 2.19 bits per heavy atom. The van der Waals surface area contributed by atoms with E-state index in [9.17, 15) is 8.42 Å². The Kier molecular flexibility index (Phi) is 5.08. The molecule has 118 valence electrons. The van der Waals surface area contributed by atoms with E-state index in [1.165, 1.54) is 26.0 Å². The van der Waals surface area contributed by atoms with Crippen LogP contribution in [0.1, 0.15) is 19.8 Å². The summed E-state index contributed by atoms with van der Waals surface area (Å²) < 4.78 is 25.7. The van der Waals surface area contributed by atoms with Gasteiger partial charge >= 0.3 is 0 Å². The number of anilines is 2. The molecule has 0 saturated carbocycles. The Morgan fingerprint density at radius 1 is 1.43 bits per heavy atom. The minimum atomic E-state index is -3.45. The third-order valence-corrected chi connectivity index (χ3v) is 5.45. The van der Waals surface area contributed by atoms with Crippen LogP contribution >= 0.6 is 0 Å². The number of benzene rings is 1. The molecular weight excluding hydrogens is 288 g/mol. The van der Waals surface area contributed by atoms with Crippen LogP contribution in [0.3, 0.4) is 0 Å². The number of hydrogen-bond donors (Lipinski definition) is 3. The Balaban J connectivity index is 2.05. The van der Waals surface area contributed by atoms with Crippen LogP contribution in [0.4, 0.5) is 11.4 Å². The molecule has 4 N–H and O–H groups in total. The smallest absolute Gasteiger partial charge is 0.240 e. The fourth-order valence-corrected chi connectivity index (χ4v) is 3.52. The molecule has 1 aliphatic rings. The lowest BCUT2D eigenvalue weighted by Gasteiger charge is -2.23. The van der Waals surface area contributed by atoms with E-state index >= 15 is 0 Å². The number of nitrogens with two attached hydrogens (primary N) is 1. The number of nitrogen functional groups attached to an aromatic ring is 1. The number of hydrogen-bond acceptors (Lipinski definition) is 5. The molecule has 2 rings (SSSR count). The first-order valence-electron chi connectivity index (χ1n) is 7.29. The van der Waals surface area contributed by atoms with Crippen molar-refractivity contribution in [2.45, 2.75) is 30.7 Å². The molecule has 1 heterocycles. The summed E-state index contributed by atoms with van der Waals surface area (Å²) in [7, 11) is -2.06. The van der Waals surface area contributed by atoms with Crippen LogP contribution < -0.4 is 15.8 Å². The van der Waals surface area contributed by atoms with Gasteiger partial charge in [0.1, 0.15) is 0 Å². The summed E-state index contributed by atoms with van der Waals surface area (Å²) in [5.41, 5.74) is 7.19. The zero-order valence-electron chi connectivity index (χ0n) is 12.6. The van der Waals surface area contributed by atoms with Crippen molar-refractivity contribution in [3.05, 3.63) is 18.2 Å². The van der Waals surface area contributed by atoms with Crippen LogP contribution in [-0.2, 0) is 10.0 Å². The molecule has 0 radical (unpaired) electrons. The van der Waals surface area contributed by atoms with Gasteiger partial charge in [0.25, 0.3) is 0 Å². The molecule has 6 nitrogen and oxygen atoms in total. The summed E-state index contributed by atoms with van der Waals surface area (Å²) in [6.45, 7) is 5.21. The van der Waals surface area contributed by atoms with Crippen LogP contribution in [0.25, 0.3) is 0 Å². The average molecular weight is 312 g/mol. The maximum atomic E-state index is 11.7. The predicted molar refractivity (Wildman–Crippen MR) is 85.9 cm³/mol. The average Bonchev–Trinajstić information content (AvgIpc) is 2.93. The Labute approximate surface area is 126 Å². The molecule has 0 spiro atoms. The van der Waals surface area contributed by atoms with E-state index in [0.717, 1.165) is 25.3 Å². The number of likely N-dealkylation sites (N-methyl/N-ethyl adjacent to an activating group) is 1. The summed E-state index contributed by atoms with van der Waals surface area (Å²) in [6.07, 6.45) is 2.42. The minimum Gasteiger partial charge on any atom is -0.397 e. The lowest BCUT2D eigenvalue weighted by molar-refractivity contribution is 0.277. The maximum absolute atomic E-state index is 11.7. The van der Waals surface area contributed by atoms with E-state index in [4.69, 9.17) is 5.73 Å². The Hall–Kier alpha value is -1.31. The molecule has 0 aromatic heterocycles. The fraction of sp³-hybridized carbons (Fsp3) is 0.571. The van der Waals surface area contributed by atoms with E-state index in [0.29, 0.717) is 11.7 Å². The quantitative estimate of drug-likeness (QED) is 0.684. The second kappa shape index (κ2) is 6.64. The highest BCUT2D eigenvalue weighted by atomic mass is 32.2. The summed E-state index contributed by atoms with van der Waals surface area (Å²) >= 11 is 0. The van der Waals surface area contributed by atoms with E-state index in [2.05, 4.69) is 21.9 Å². The highest BCUT2D eigenvalue weighted by Gasteiger charge is 2.22. The van der Waals surface area contributed by atoms with Crippen LogP contribution in [0.2, 0.25) is 0 Å². The second-order valence-corrected chi connectivity index (χ2v) is 7.15. The molecule has 1 aliphatic heterocycles. The van der Waals surface area contributed by atoms with Gasteiger partial charge in [-0.05, 0) is 51.2 Å². The number of likely N-dealkylation sites (tertiary alicyclic amines) is 1. The normalized spacial score (nSPS) is 19.8. The predicted octanol–water partition coefficient (Wildman–Crippen LogP) is 1.07. The summed E-state index contributed by atoms with van der Waals surface area (Å²) in [5, 5.41) is 3.33. The summed E-state index contributed by atoms with van der Waals surface area (Å²) in [5.74, 6) is 0. The van der Waals surface area contributed by atoms with Crippen molar-refractivity contribution in [1.82, 2.24) is 9.62 Å². The van der Waals surface area contributed by atoms with Gasteiger partial charge in [0.2, 0.25) is 10.0 Å². The molecule has 1 aromatic carbocycles. The van der Waals surface area contributed by atoms with Crippen molar-refractivity contribution < 1.29 is 8.42 Å². The van der Waals surface area contributed by atoms with Gasteiger partial charge in [0.05, 0.1) is 16.3 Å². The molecule has 0 amide bonds. The number of rotatable bonds is 6. The van der Waals surface area contributed by atoms with Crippen molar-refractivity contribution in [3.63, 3.8) is 0 Å². The molecule has 1 saturated heterocycles. The van der Waals surface area contributed by atoms with Crippen molar-refractivity contribution in [2.75, 3.05) is 37.7 Å². The van der Waals surface area contributed by atoms with Gasteiger partial charge in [-0.2, -0.15) is 0 Å². The standard InChI is InChI=1S/C14H24N4O2S/c1-3-18-8-4-5-11(18)10-17-14-7-6-12(9-13(14)15)21(19,20)16-2/h6-7,9,11,16-17H,3-5,8,10,15H2,1-2H3. The van der Waals surface area contributed by atoms with Gasteiger partial charge in [0, 0.05) is 12.6 Å². The molecule has 1 aromatic rings. The van der Waals surface area contributed by atoms with E-state index in [1.54, 1.807) is 12.1 Å². The zero-order chi connectivity index (χ0) is 15.5. The van der Waals surface area contributed by atoms with Gasteiger partial charge in [-0.3, -0.25) is 4.90 Å². The van der Waals surface area contributed by atoms with Crippen LogP contribution in [0, 0.1) is 0 Å². The number of nitrogens with zero attached hydrogens (tertiary/aromatic N) is 1. The van der Waals surface area contributed by atoms with Crippen molar-refractivity contribution in [1.29, 1.82) is 0 Å². The van der Waals surface area contributed by atoms with E-state index < -0.39 is 10.0 Å². The highest BCUT2D eigenvalue weighted by Crippen LogP contribution is 2.24. The highest BCUT2D eigenvalue weighted by molar-refractivity contribution is 7.89. The van der Waals surface area contributed by atoms with Crippen molar-refractivity contribution in [3.8, 4) is 0 Å². The Bertz CT molecular complexity index is 589. The van der Waals surface area contributed by atoms with Gasteiger partial charge in [-0.25, -0.2) is 13.1 Å². The molecule has 0 aliphatic carbocycles. The summed E-state index contributed by atoms with van der Waals surface area (Å²) in [6, 6.07) is 5.30. The maximum Gasteiger partial charge on any atom is 0.240 e. The van der Waals surface area contributed by atoms with Gasteiger partial charge in [0.15, 0.2) is 0 Å². The SMILES string of the molecule is CCN1CCCC1CNc1ccc(S(=O)(=O)NC)cc1N. The molecule has 1 fully saturated rings. The molecule has 1 atom stereocenters. The minimum absolute atomic E-state index is 0.184. The fourth-order valence-electron chi connectivity index (χ4n) is 2.76. The molecular formula is C14H24N4O2S. The number of sulfonamides is 1. The summed E-state index contributed by atoms with van der Waals surface area (Å²) in [4.78, 5) is 2.63. The lowest BCUT2D eigenvalue weighted by atomic mass is 10.2. The largest absolute Gasteiger partial charge is 0.397 e. The van der Waals surface area contributed by atoms with Crippen LogP contribution in [-0.4, -0.2) is 46.0 Å². The third-order valence-electron chi connectivity index (χ3n) is 4.04. The third kappa shape index (κ3) is 3.66. The topological polar surface area (TPSA) is 87.5 Å². The monoisotopic (exact) mass is 312 g/mol. The molecule has 7 heteroatoms. The number of nitrogens with one attached hydrogen (secondary N) is 2. The van der Waals surface area contributed by atoms with Gasteiger partial charge in [-0.1, -0.05) is 6.92 Å². The zero-order valence-corrected chi connectivity index (χ0v) is 13.4. The Morgan fingerprint density at radius 3 is 2.81 bits per heavy atom. The van der Waals surface area contributed by atoms with Gasteiger partial charge < -0.3 is 11.1 Å². The van der Waals surface area contributed by atoms with E-state index in [-0.39, 0.29) is 4.90 Å². The lowest BCUT2D eigenvalue weighted by Crippen LogP contribution is -2.34. The first kappa shape index (κ1) is 16.1. The van der Waals surface area contributed by atoms with Crippen LogP contribution in [0.15, 0.2) is 23.1 Å². The molecule has 21 heavy (non-hydrogen) atoms. The molecule has 1 unspecified atom stereocenters. The molecule has 0 bridgehead atoms. The second-order valence-electron chi connectivity index (χ2n) is 5.26. The van der Waals surface area contributed by atoms with Gasteiger partial charge in [-0.15, -0.1) is 0 Å². The first-order chi connectivity index (χ1) is 9.97. The van der Waals surface area contributed by atoms with E-state index in [1.807, 2.05) is 0 Å².